The number of hydrogen-bond acceptors (Lipinski definition) is 7. The molecule has 10 nitrogen and oxygen atoms in total. The van der Waals surface area contributed by atoms with E-state index in [1.54, 1.807) is 17.8 Å². The third kappa shape index (κ3) is 3.64. The number of rotatable bonds is 2. The van der Waals surface area contributed by atoms with Gasteiger partial charge in [0.1, 0.15) is 11.0 Å². The quantitative estimate of drug-likeness (QED) is 0.760. The van der Waals surface area contributed by atoms with Gasteiger partial charge in [0.05, 0.1) is 18.8 Å². The molecular weight excluding hydrogens is 388 g/mol. The SMILES string of the molecule is C[C@@H]1OCC2(CCN(c3nc4n[nH]cc4c(=O)n3C)CC2)[C@@H]1NC(=O)OC(C)(C)C. The molecule has 2 fully saturated rings. The van der Waals surface area contributed by atoms with Crippen molar-refractivity contribution in [3.63, 3.8) is 0 Å². The minimum Gasteiger partial charge on any atom is -0.444 e. The van der Waals surface area contributed by atoms with Crippen LogP contribution >= 0.6 is 0 Å². The first-order chi connectivity index (χ1) is 14.1. The number of anilines is 1. The maximum atomic E-state index is 12.6. The van der Waals surface area contributed by atoms with E-state index in [4.69, 9.17) is 9.47 Å². The first-order valence-corrected chi connectivity index (χ1v) is 10.4. The minimum absolute atomic E-state index is 0.0908. The number of amides is 1. The van der Waals surface area contributed by atoms with Crippen molar-refractivity contribution in [3.05, 3.63) is 16.6 Å². The van der Waals surface area contributed by atoms with E-state index in [1.165, 1.54) is 0 Å². The molecule has 164 valence electrons. The van der Waals surface area contributed by atoms with Crippen molar-refractivity contribution in [1.29, 1.82) is 0 Å². The van der Waals surface area contributed by atoms with Gasteiger partial charge in [-0.15, -0.1) is 0 Å². The molecule has 2 atom stereocenters. The molecule has 2 aliphatic rings. The fourth-order valence-electron chi connectivity index (χ4n) is 4.54. The molecule has 2 N–H and O–H groups in total. The lowest BCUT2D eigenvalue weighted by Gasteiger charge is -2.43. The van der Waals surface area contributed by atoms with Crippen LogP contribution in [0.2, 0.25) is 0 Å². The van der Waals surface area contributed by atoms with E-state index in [1.807, 2.05) is 27.7 Å². The van der Waals surface area contributed by atoms with Gasteiger partial charge in [0.2, 0.25) is 5.95 Å². The first kappa shape index (κ1) is 20.6. The molecule has 0 aromatic carbocycles. The van der Waals surface area contributed by atoms with Crippen LogP contribution in [0.3, 0.4) is 0 Å². The van der Waals surface area contributed by atoms with Crippen molar-refractivity contribution in [3.8, 4) is 0 Å². The van der Waals surface area contributed by atoms with Gasteiger partial charge in [0, 0.05) is 31.7 Å². The molecule has 4 rings (SSSR count). The van der Waals surface area contributed by atoms with E-state index in [9.17, 15) is 9.59 Å². The number of nitrogens with zero attached hydrogens (tertiary/aromatic N) is 4. The first-order valence-electron chi connectivity index (χ1n) is 10.4. The zero-order valence-corrected chi connectivity index (χ0v) is 18.2. The Morgan fingerprint density at radius 2 is 2.07 bits per heavy atom. The maximum Gasteiger partial charge on any atom is 0.407 e. The van der Waals surface area contributed by atoms with Crippen molar-refractivity contribution in [1.82, 2.24) is 25.1 Å². The van der Waals surface area contributed by atoms with Crippen LogP contribution in [0.5, 0.6) is 0 Å². The summed E-state index contributed by atoms with van der Waals surface area (Å²) in [5.41, 5.74) is -0.408. The Hall–Kier alpha value is -2.62. The average molecular weight is 418 g/mol. The van der Waals surface area contributed by atoms with E-state index in [2.05, 4.69) is 25.4 Å². The fraction of sp³-hybridized carbons (Fsp3) is 0.700. The van der Waals surface area contributed by atoms with E-state index >= 15 is 0 Å². The van der Waals surface area contributed by atoms with Gasteiger partial charge >= 0.3 is 6.09 Å². The summed E-state index contributed by atoms with van der Waals surface area (Å²) in [5.74, 6) is 0.609. The van der Waals surface area contributed by atoms with Gasteiger partial charge < -0.3 is 19.7 Å². The van der Waals surface area contributed by atoms with Crippen LogP contribution in [0.4, 0.5) is 10.7 Å². The fourth-order valence-corrected chi connectivity index (χ4v) is 4.54. The number of nitrogens with one attached hydrogen (secondary N) is 2. The van der Waals surface area contributed by atoms with Crippen LogP contribution in [-0.4, -0.2) is 63.3 Å². The number of alkyl carbamates (subject to hydrolysis) is 1. The van der Waals surface area contributed by atoms with Gasteiger partial charge in [-0.05, 0) is 40.5 Å². The summed E-state index contributed by atoms with van der Waals surface area (Å²) in [7, 11) is 1.73. The van der Waals surface area contributed by atoms with Crippen LogP contribution < -0.4 is 15.8 Å². The second-order valence-corrected chi connectivity index (χ2v) is 9.39. The van der Waals surface area contributed by atoms with Crippen molar-refractivity contribution >= 4 is 23.1 Å². The molecule has 0 aliphatic carbocycles. The topological polar surface area (TPSA) is 114 Å². The van der Waals surface area contributed by atoms with E-state index in [-0.39, 0.29) is 23.1 Å². The Bertz CT molecular complexity index is 999. The third-order valence-electron chi connectivity index (χ3n) is 6.14. The lowest BCUT2D eigenvalue weighted by molar-refractivity contribution is 0.0434. The molecule has 0 unspecified atom stereocenters. The molecule has 0 radical (unpaired) electrons. The van der Waals surface area contributed by atoms with Crippen molar-refractivity contribution in [2.45, 2.75) is 58.3 Å². The highest BCUT2D eigenvalue weighted by Gasteiger charge is 2.50. The lowest BCUT2D eigenvalue weighted by atomic mass is 9.73. The number of hydrogen-bond donors (Lipinski definition) is 2. The second-order valence-electron chi connectivity index (χ2n) is 9.39. The lowest BCUT2D eigenvalue weighted by Crippen LogP contribution is -2.55. The number of carbonyl (C=O) groups excluding carboxylic acids is 1. The average Bonchev–Trinajstić information content (AvgIpc) is 3.25. The molecule has 2 saturated heterocycles. The molecule has 10 heteroatoms. The molecule has 2 aromatic heterocycles. The maximum absolute atomic E-state index is 12.6. The predicted molar refractivity (Wildman–Crippen MR) is 112 cm³/mol. The standard InChI is InChI=1S/C20H30N6O4/c1-12-14(22-18(28)30-19(2,3)4)20(11-29-12)6-8-26(9-7-20)17-23-15-13(10-21-24-15)16(27)25(17)5/h10,12,14H,6-9,11H2,1-5H3,(H,21,24)(H,22,28)/t12-,14+/m0/s1. The molecule has 0 bridgehead atoms. The van der Waals surface area contributed by atoms with Crippen LogP contribution in [0, 0.1) is 5.41 Å². The van der Waals surface area contributed by atoms with E-state index in [0.717, 1.165) is 12.8 Å². The Labute approximate surface area is 174 Å². The van der Waals surface area contributed by atoms with Crippen molar-refractivity contribution in [2.24, 2.45) is 12.5 Å². The Balaban J connectivity index is 1.51. The van der Waals surface area contributed by atoms with Crippen LogP contribution in [-0.2, 0) is 16.5 Å². The van der Waals surface area contributed by atoms with Gasteiger partial charge in [-0.3, -0.25) is 14.5 Å². The molecule has 1 amide bonds. The highest BCUT2D eigenvalue weighted by Crippen LogP contribution is 2.43. The number of carbonyl (C=O) groups is 1. The molecule has 2 aliphatic heterocycles. The largest absolute Gasteiger partial charge is 0.444 e. The third-order valence-corrected chi connectivity index (χ3v) is 6.14. The summed E-state index contributed by atoms with van der Waals surface area (Å²) in [4.78, 5) is 31.7. The highest BCUT2D eigenvalue weighted by molar-refractivity contribution is 5.74. The molecular formula is C20H30N6O4. The number of fused-ring (bicyclic) bond motifs is 1. The Kier molecular flexibility index (Phi) is 5.00. The monoisotopic (exact) mass is 418 g/mol. The minimum atomic E-state index is -0.551. The second kappa shape index (κ2) is 7.26. The number of ether oxygens (including phenoxy) is 2. The summed E-state index contributed by atoms with van der Waals surface area (Å²) >= 11 is 0. The van der Waals surface area contributed by atoms with Crippen LogP contribution in [0.1, 0.15) is 40.5 Å². The van der Waals surface area contributed by atoms with Gasteiger partial charge in [-0.1, -0.05) is 0 Å². The molecule has 1 spiro atoms. The smallest absolute Gasteiger partial charge is 0.407 e. The van der Waals surface area contributed by atoms with Gasteiger partial charge in [0.25, 0.3) is 5.56 Å². The summed E-state index contributed by atoms with van der Waals surface area (Å²) < 4.78 is 13.0. The number of H-pyrrole nitrogens is 1. The number of aromatic amines is 1. The summed E-state index contributed by atoms with van der Waals surface area (Å²) in [6.07, 6.45) is 2.69. The van der Waals surface area contributed by atoms with Crippen molar-refractivity contribution < 1.29 is 14.3 Å². The molecule has 0 saturated carbocycles. The van der Waals surface area contributed by atoms with Gasteiger partial charge in [-0.25, -0.2) is 4.79 Å². The van der Waals surface area contributed by atoms with Crippen LogP contribution in [0.15, 0.2) is 11.0 Å². The van der Waals surface area contributed by atoms with Gasteiger partial charge in [0.15, 0.2) is 5.65 Å². The number of piperidine rings is 1. The molecule has 2 aromatic rings. The Morgan fingerprint density at radius 3 is 2.73 bits per heavy atom. The predicted octanol–water partition coefficient (Wildman–Crippen LogP) is 1.56. The molecule has 30 heavy (non-hydrogen) atoms. The zero-order chi connectivity index (χ0) is 21.7. The van der Waals surface area contributed by atoms with Crippen LogP contribution in [0.25, 0.3) is 11.0 Å². The van der Waals surface area contributed by atoms with E-state index in [0.29, 0.717) is 36.7 Å². The zero-order valence-electron chi connectivity index (χ0n) is 18.2. The van der Waals surface area contributed by atoms with E-state index < -0.39 is 11.7 Å². The summed E-state index contributed by atoms with van der Waals surface area (Å²) in [6.45, 7) is 9.54. The highest BCUT2D eigenvalue weighted by atomic mass is 16.6. The molecule has 4 heterocycles. The van der Waals surface area contributed by atoms with Gasteiger partial charge in [-0.2, -0.15) is 10.1 Å². The number of aromatic nitrogens is 4. The summed E-state index contributed by atoms with van der Waals surface area (Å²) in [5, 5.41) is 10.3. The Morgan fingerprint density at radius 1 is 1.37 bits per heavy atom. The van der Waals surface area contributed by atoms with Crippen molar-refractivity contribution in [2.75, 3.05) is 24.6 Å². The normalized spacial score (nSPS) is 23.8. The summed E-state index contributed by atoms with van der Waals surface area (Å²) in [6, 6.07) is -0.125.